The number of hydrogen-bond acceptors (Lipinski definition) is 3. The first-order chi connectivity index (χ1) is 15.2. The molecule has 0 spiro atoms. The molecule has 0 unspecified atom stereocenters. The summed E-state index contributed by atoms with van der Waals surface area (Å²) < 4.78 is 7.75. The maximum atomic E-state index is 6.50. The van der Waals surface area contributed by atoms with Gasteiger partial charge in [0.2, 0.25) is 0 Å². The second-order valence-corrected chi connectivity index (χ2v) is 9.31. The number of ether oxygens (including phenoxy) is 1. The molecule has 1 saturated heterocycles. The van der Waals surface area contributed by atoms with Crippen molar-refractivity contribution in [2.45, 2.75) is 20.3 Å². The highest BCUT2D eigenvalue weighted by atomic mass is 32.1. The third kappa shape index (κ3) is 4.16. The Hall–Kier alpha value is -2.88. The molecule has 3 aromatic carbocycles. The number of thiophene rings is 1. The first-order valence-electron chi connectivity index (χ1n) is 11.0. The van der Waals surface area contributed by atoms with E-state index in [9.17, 15) is 0 Å². The van der Waals surface area contributed by atoms with Crippen LogP contribution in [0.2, 0.25) is 0 Å². The van der Waals surface area contributed by atoms with Crippen LogP contribution in [0.25, 0.3) is 26.6 Å². The Morgan fingerprint density at radius 2 is 1.68 bits per heavy atom. The van der Waals surface area contributed by atoms with Crippen molar-refractivity contribution in [1.29, 1.82) is 0 Å². The second kappa shape index (κ2) is 8.70. The summed E-state index contributed by atoms with van der Waals surface area (Å²) in [5.74, 6) is 1.83. The fourth-order valence-electron chi connectivity index (χ4n) is 4.21. The van der Waals surface area contributed by atoms with E-state index in [1.165, 1.54) is 50.2 Å². The number of benzene rings is 3. The van der Waals surface area contributed by atoms with Gasteiger partial charge in [0.15, 0.2) is 5.75 Å². The van der Waals surface area contributed by atoms with Crippen molar-refractivity contribution in [3.63, 3.8) is 0 Å². The molecule has 0 saturated carbocycles. The zero-order chi connectivity index (χ0) is 21.2. The Kier molecular flexibility index (Phi) is 5.63. The van der Waals surface area contributed by atoms with Crippen molar-refractivity contribution in [3.05, 3.63) is 89.5 Å². The monoisotopic (exact) mass is 425 g/mol. The second-order valence-electron chi connectivity index (χ2n) is 8.26. The molecular weight excluding hydrogens is 398 g/mol. The molecule has 0 atom stereocenters. The lowest BCUT2D eigenvalue weighted by Gasteiger charge is -2.33. The van der Waals surface area contributed by atoms with Crippen LogP contribution in [-0.2, 0) is 0 Å². The fraction of sp³-hybridized carbons (Fsp3) is 0.214. The number of hydrogen-bond donors (Lipinski definition) is 0. The summed E-state index contributed by atoms with van der Waals surface area (Å²) in [6, 6.07) is 25.5. The molecule has 0 radical (unpaired) electrons. The van der Waals surface area contributed by atoms with E-state index in [1.807, 2.05) is 0 Å². The van der Waals surface area contributed by atoms with Gasteiger partial charge in [-0.05, 0) is 66.4 Å². The molecule has 3 heteroatoms. The van der Waals surface area contributed by atoms with Gasteiger partial charge in [0.25, 0.3) is 0 Å². The number of fused-ring (bicyclic) bond motifs is 1. The predicted octanol–water partition coefficient (Wildman–Crippen LogP) is 7.78. The van der Waals surface area contributed by atoms with Crippen LogP contribution < -0.4 is 4.74 Å². The summed E-state index contributed by atoms with van der Waals surface area (Å²) in [5.41, 5.74) is 5.25. The molecule has 2 heterocycles. The molecule has 2 nitrogen and oxygen atoms in total. The maximum absolute atomic E-state index is 6.50. The molecule has 0 N–H and O–H groups in total. The van der Waals surface area contributed by atoms with Gasteiger partial charge in [-0.15, -0.1) is 11.3 Å². The van der Waals surface area contributed by atoms with Gasteiger partial charge in [-0.25, -0.2) is 0 Å². The van der Waals surface area contributed by atoms with Crippen LogP contribution in [0.15, 0.2) is 78.4 Å². The zero-order valence-corrected chi connectivity index (χ0v) is 18.9. The van der Waals surface area contributed by atoms with Gasteiger partial charge in [-0.2, -0.15) is 0 Å². The highest BCUT2D eigenvalue weighted by molar-refractivity contribution is 7.22. The molecular formula is C28H27NOS. The van der Waals surface area contributed by atoms with Crippen molar-refractivity contribution in [3.8, 4) is 21.9 Å². The van der Waals surface area contributed by atoms with Crippen molar-refractivity contribution < 1.29 is 4.74 Å². The first kappa shape index (κ1) is 20.0. The Morgan fingerprint density at radius 3 is 2.45 bits per heavy atom. The quantitative estimate of drug-likeness (QED) is 0.313. The van der Waals surface area contributed by atoms with Crippen LogP contribution in [0.1, 0.15) is 24.5 Å². The molecule has 1 aliphatic rings. The molecule has 1 aromatic heterocycles. The van der Waals surface area contributed by atoms with Crippen molar-refractivity contribution in [1.82, 2.24) is 4.90 Å². The fourth-order valence-corrected chi connectivity index (χ4v) is 5.43. The average molecular weight is 426 g/mol. The lowest BCUT2D eigenvalue weighted by atomic mass is 10.0. The van der Waals surface area contributed by atoms with E-state index in [1.54, 1.807) is 11.3 Å². The minimum Gasteiger partial charge on any atom is -0.455 e. The summed E-state index contributed by atoms with van der Waals surface area (Å²) >= 11 is 1.80. The van der Waals surface area contributed by atoms with Gasteiger partial charge < -0.3 is 4.74 Å². The zero-order valence-electron chi connectivity index (χ0n) is 18.1. The summed E-state index contributed by atoms with van der Waals surface area (Å²) in [7, 11) is 0. The maximum Gasteiger partial charge on any atom is 0.153 e. The highest BCUT2D eigenvalue weighted by Gasteiger charge is 2.19. The van der Waals surface area contributed by atoms with Crippen LogP contribution in [0, 0.1) is 6.92 Å². The summed E-state index contributed by atoms with van der Waals surface area (Å²) in [6.45, 7) is 7.80. The van der Waals surface area contributed by atoms with Gasteiger partial charge in [0, 0.05) is 23.2 Å². The van der Waals surface area contributed by atoms with Crippen LogP contribution in [0.4, 0.5) is 0 Å². The third-order valence-corrected chi connectivity index (χ3v) is 6.99. The van der Waals surface area contributed by atoms with E-state index in [-0.39, 0.29) is 0 Å². The standard InChI is InChI=1S/C28H27NOS/c1-3-16-29-18-22(19-29)17-21-12-14-23(15-13-21)30-27-25-10-6-7-11-26(25)31-28(27)24-9-5-4-8-20(24)2/h4-15,17H,3,16,18-19H2,1-2H3. The molecule has 0 bridgehead atoms. The highest BCUT2D eigenvalue weighted by Crippen LogP contribution is 2.47. The normalized spacial score (nSPS) is 13.9. The molecule has 1 fully saturated rings. The largest absolute Gasteiger partial charge is 0.455 e. The number of nitrogens with zero attached hydrogens (tertiary/aromatic N) is 1. The molecule has 31 heavy (non-hydrogen) atoms. The van der Waals surface area contributed by atoms with Crippen LogP contribution in [-0.4, -0.2) is 24.5 Å². The van der Waals surface area contributed by atoms with Gasteiger partial charge in [-0.1, -0.05) is 61.5 Å². The van der Waals surface area contributed by atoms with Crippen LogP contribution >= 0.6 is 11.3 Å². The SMILES string of the molecule is CCCN1CC(=Cc2ccc(Oc3c(-c4ccccc4C)sc4ccccc34)cc2)C1. The van der Waals surface area contributed by atoms with E-state index in [2.05, 4.69) is 97.6 Å². The van der Waals surface area contributed by atoms with Crippen molar-refractivity contribution >= 4 is 27.5 Å². The average Bonchev–Trinajstić information content (AvgIpc) is 3.12. The van der Waals surface area contributed by atoms with Gasteiger partial charge in [-0.3, -0.25) is 4.90 Å². The molecule has 0 aliphatic carbocycles. The van der Waals surface area contributed by atoms with Gasteiger partial charge >= 0.3 is 0 Å². The van der Waals surface area contributed by atoms with E-state index in [0.717, 1.165) is 24.6 Å². The van der Waals surface area contributed by atoms with Gasteiger partial charge in [0.05, 0.1) is 4.88 Å². The minimum absolute atomic E-state index is 0.877. The predicted molar refractivity (Wildman–Crippen MR) is 133 cm³/mol. The summed E-state index contributed by atoms with van der Waals surface area (Å²) in [4.78, 5) is 3.67. The Bertz CT molecular complexity index is 1230. The summed E-state index contributed by atoms with van der Waals surface area (Å²) in [5, 5.41) is 1.17. The van der Waals surface area contributed by atoms with Crippen LogP contribution in [0.3, 0.4) is 0 Å². The van der Waals surface area contributed by atoms with Gasteiger partial charge in [0.1, 0.15) is 5.75 Å². The van der Waals surface area contributed by atoms with Crippen molar-refractivity contribution in [2.75, 3.05) is 19.6 Å². The van der Waals surface area contributed by atoms with E-state index in [4.69, 9.17) is 4.74 Å². The van der Waals surface area contributed by atoms with Crippen LogP contribution in [0.5, 0.6) is 11.5 Å². The lowest BCUT2D eigenvalue weighted by molar-refractivity contribution is 0.253. The molecule has 4 aromatic rings. The molecule has 0 amide bonds. The minimum atomic E-state index is 0.877. The smallest absolute Gasteiger partial charge is 0.153 e. The van der Waals surface area contributed by atoms with E-state index in [0.29, 0.717) is 0 Å². The first-order valence-corrected chi connectivity index (χ1v) is 11.8. The topological polar surface area (TPSA) is 12.5 Å². The Morgan fingerprint density at radius 1 is 0.935 bits per heavy atom. The van der Waals surface area contributed by atoms with Crippen molar-refractivity contribution in [2.24, 2.45) is 0 Å². The molecule has 156 valence electrons. The number of aryl methyl sites for hydroxylation is 1. The third-order valence-electron chi connectivity index (χ3n) is 5.80. The van der Waals surface area contributed by atoms with E-state index >= 15 is 0 Å². The Labute approximate surface area is 188 Å². The number of rotatable bonds is 6. The lowest BCUT2D eigenvalue weighted by Crippen LogP contribution is -2.40. The molecule has 5 rings (SSSR count). The summed E-state index contributed by atoms with van der Waals surface area (Å²) in [6.07, 6.45) is 3.54. The number of likely N-dealkylation sites (tertiary alicyclic amines) is 1. The molecule has 1 aliphatic heterocycles. The van der Waals surface area contributed by atoms with E-state index < -0.39 is 0 Å². The Balaban J connectivity index is 1.43.